The molecule has 0 saturated carbocycles. The van der Waals surface area contributed by atoms with E-state index in [4.69, 9.17) is 4.42 Å². The van der Waals surface area contributed by atoms with Crippen LogP contribution in [0.4, 0.5) is 5.69 Å². The first-order valence-corrected chi connectivity index (χ1v) is 11.7. The molecule has 0 spiro atoms. The zero-order chi connectivity index (χ0) is 21.2. The highest BCUT2D eigenvalue weighted by molar-refractivity contribution is 9.10. The van der Waals surface area contributed by atoms with Gasteiger partial charge in [0.2, 0.25) is 5.09 Å². The minimum Gasteiger partial charge on any atom is -0.438 e. The van der Waals surface area contributed by atoms with E-state index in [1.807, 2.05) is 12.1 Å². The Hall–Kier alpha value is -1.84. The number of carbonyl (C=O) groups excluding carboxylic acids is 1. The summed E-state index contributed by atoms with van der Waals surface area (Å²) >= 11 is 3.49. The van der Waals surface area contributed by atoms with Gasteiger partial charge in [0.15, 0.2) is 5.76 Å². The molecular formula is C20H26BrN3O4S. The number of carbonyl (C=O) groups is 1. The van der Waals surface area contributed by atoms with Gasteiger partial charge in [-0.3, -0.25) is 4.79 Å². The van der Waals surface area contributed by atoms with Gasteiger partial charge in [-0.1, -0.05) is 22.0 Å². The van der Waals surface area contributed by atoms with Gasteiger partial charge >= 0.3 is 0 Å². The van der Waals surface area contributed by atoms with E-state index in [1.165, 1.54) is 12.1 Å². The van der Waals surface area contributed by atoms with Crippen LogP contribution in [0.5, 0.6) is 0 Å². The monoisotopic (exact) mass is 483 g/mol. The number of nitrogens with zero attached hydrogens (tertiary/aromatic N) is 1. The van der Waals surface area contributed by atoms with Gasteiger partial charge < -0.3 is 14.6 Å². The van der Waals surface area contributed by atoms with Crippen molar-refractivity contribution in [1.82, 2.24) is 10.0 Å². The fourth-order valence-corrected chi connectivity index (χ4v) is 5.01. The molecule has 158 valence electrons. The van der Waals surface area contributed by atoms with Gasteiger partial charge in [0.25, 0.3) is 15.9 Å². The molecule has 2 N–H and O–H groups in total. The van der Waals surface area contributed by atoms with Crippen LogP contribution < -0.4 is 14.9 Å². The van der Waals surface area contributed by atoms with E-state index in [0.29, 0.717) is 12.5 Å². The molecule has 1 aromatic carbocycles. The zero-order valence-corrected chi connectivity index (χ0v) is 19.1. The van der Waals surface area contributed by atoms with Gasteiger partial charge in [-0.25, -0.2) is 13.1 Å². The summed E-state index contributed by atoms with van der Waals surface area (Å²) in [5.41, 5.74) is 0.511. The Morgan fingerprint density at radius 1 is 1.28 bits per heavy atom. The summed E-state index contributed by atoms with van der Waals surface area (Å²) in [6.07, 6.45) is 0.972. The van der Waals surface area contributed by atoms with Crippen molar-refractivity contribution >= 4 is 37.5 Å². The standard InChI is InChI=1S/C20H26BrN3O4S/c1-20(2,3)23-29(26,27)18-8-7-17(28-18)19(25)22-12-14-9-10-24(13-14)16-6-4-5-15(21)11-16/h4-8,11,14,23H,9-10,12-13H2,1-3H3,(H,22,25). The molecule has 1 aliphatic heterocycles. The third-order valence-electron chi connectivity index (χ3n) is 4.52. The van der Waals surface area contributed by atoms with E-state index in [1.54, 1.807) is 20.8 Å². The number of amides is 1. The predicted octanol–water partition coefficient (Wildman–Crippen LogP) is 3.38. The maximum atomic E-state index is 12.4. The molecule has 1 amide bonds. The molecule has 1 aliphatic rings. The molecule has 0 aliphatic carbocycles. The van der Waals surface area contributed by atoms with E-state index in [9.17, 15) is 13.2 Å². The van der Waals surface area contributed by atoms with Crippen LogP contribution in [0.2, 0.25) is 0 Å². The number of halogens is 1. The topological polar surface area (TPSA) is 91.6 Å². The number of nitrogens with one attached hydrogen (secondary N) is 2. The van der Waals surface area contributed by atoms with E-state index < -0.39 is 21.5 Å². The van der Waals surface area contributed by atoms with Crippen molar-refractivity contribution in [3.8, 4) is 0 Å². The Bertz CT molecular complexity index is 982. The second kappa shape index (κ2) is 8.49. The van der Waals surface area contributed by atoms with Crippen molar-refractivity contribution in [1.29, 1.82) is 0 Å². The average molecular weight is 484 g/mol. The summed E-state index contributed by atoms with van der Waals surface area (Å²) in [7, 11) is -3.81. The number of furan rings is 1. The van der Waals surface area contributed by atoms with Crippen LogP contribution in [0.3, 0.4) is 0 Å². The first-order valence-electron chi connectivity index (χ1n) is 9.46. The first kappa shape index (κ1) is 21.9. The Morgan fingerprint density at radius 2 is 2.03 bits per heavy atom. The summed E-state index contributed by atoms with van der Waals surface area (Å²) in [6, 6.07) is 10.8. The second-order valence-electron chi connectivity index (χ2n) is 8.26. The number of benzene rings is 1. The highest BCUT2D eigenvalue weighted by atomic mass is 79.9. The fraction of sp³-hybridized carbons (Fsp3) is 0.450. The average Bonchev–Trinajstić information content (AvgIpc) is 3.28. The maximum Gasteiger partial charge on any atom is 0.287 e. The van der Waals surface area contributed by atoms with Crippen LogP contribution in [0, 0.1) is 5.92 Å². The van der Waals surface area contributed by atoms with Crippen molar-refractivity contribution < 1.29 is 17.6 Å². The van der Waals surface area contributed by atoms with Gasteiger partial charge in [-0.2, -0.15) is 0 Å². The lowest BCUT2D eigenvalue weighted by molar-refractivity contribution is 0.0915. The summed E-state index contributed by atoms with van der Waals surface area (Å²) < 4.78 is 33.4. The summed E-state index contributed by atoms with van der Waals surface area (Å²) in [6.45, 7) is 7.50. The molecule has 0 bridgehead atoms. The maximum absolute atomic E-state index is 12.4. The van der Waals surface area contributed by atoms with E-state index in [0.717, 1.165) is 29.7 Å². The summed E-state index contributed by atoms with van der Waals surface area (Å²) in [4.78, 5) is 14.7. The smallest absolute Gasteiger partial charge is 0.287 e. The predicted molar refractivity (Wildman–Crippen MR) is 116 cm³/mol. The van der Waals surface area contributed by atoms with Gasteiger partial charge in [0.1, 0.15) is 0 Å². The lowest BCUT2D eigenvalue weighted by Gasteiger charge is -2.19. The third kappa shape index (κ3) is 5.83. The highest BCUT2D eigenvalue weighted by Gasteiger charge is 2.27. The molecule has 7 nitrogen and oxygen atoms in total. The molecule has 2 heterocycles. The molecule has 0 radical (unpaired) electrons. The number of hydrogen-bond acceptors (Lipinski definition) is 5. The molecular weight excluding hydrogens is 458 g/mol. The van der Waals surface area contributed by atoms with Crippen LogP contribution in [0.1, 0.15) is 37.7 Å². The van der Waals surface area contributed by atoms with Crippen molar-refractivity contribution in [2.45, 2.75) is 37.8 Å². The van der Waals surface area contributed by atoms with Crippen LogP contribution in [0.15, 0.2) is 50.4 Å². The number of rotatable bonds is 6. The van der Waals surface area contributed by atoms with Gasteiger partial charge in [0, 0.05) is 35.3 Å². The SMILES string of the molecule is CC(C)(C)NS(=O)(=O)c1ccc(C(=O)NCC2CCN(c3cccc(Br)c3)C2)o1. The van der Waals surface area contributed by atoms with Crippen LogP contribution in [0.25, 0.3) is 0 Å². The summed E-state index contributed by atoms with van der Waals surface area (Å²) in [5, 5.41) is 2.59. The minimum absolute atomic E-state index is 0.0128. The fourth-order valence-electron chi connectivity index (χ4n) is 3.27. The van der Waals surface area contributed by atoms with E-state index in [-0.39, 0.29) is 10.9 Å². The lowest BCUT2D eigenvalue weighted by Crippen LogP contribution is -2.40. The Balaban J connectivity index is 1.55. The normalized spacial score (nSPS) is 17.5. The van der Waals surface area contributed by atoms with Crippen molar-refractivity contribution in [3.05, 3.63) is 46.6 Å². The molecule has 1 unspecified atom stereocenters. The molecule has 1 atom stereocenters. The van der Waals surface area contributed by atoms with Crippen LogP contribution >= 0.6 is 15.9 Å². The van der Waals surface area contributed by atoms with Gasteiger partial charge in [0.05, 0.1) is 0 Å². The van der Waals surface area contributed by atoms with Crippen molar-refractivity contribution in [3.63, 3.8) is 0 Å². The first-order chi connectivity index (χ1) is 13.5. The Labute approximate surface area is 180 Å². The molecule has 1 saturated heterocycles. The quantitative estimate of drug-likeness (QED) is 0.656. The molecule has 3 rings (SSSR count). The Morgan fingerprint density at radius 3 is 2.72 bits per heavy atom. The van der Waals surface area contributed by atoms with Crippen molar-refractivity contribution in [2.75, 3.05) is 24.5 Å². The third-order valence-corrected chi connectivity index (χ3v) is 6.64. The molecule has 2 aromatic rings. The minimum atomic E-state index is -3.81. The Kier molecular flexibility index (Phi) is 6.40. The lowest BCUT2D eigenvalue weighted by atomic mass is 10.1. The molecule has 1 aromatic heterocycles. The van der Waals surface area contributed by atoms with E-state index >= 15 is 0 Å². The van der Waals surface area contributed by atoms with Gasteiger partial charge in [-0.15, -0.1) is 0 Å². The zero-order valence-electron chi connectivity index (χ0n) is 16.7. The van der Waals surface area contributed by atoms with Gasteiger partial charge in [-0.05, 0) is 63.4 Å². The molecule has 29 heavy (non-hydrogen) atoms. The van der Waals surface area contributed by atoms with Crippen LogP contribution in [-0.2, 0) is 10.0 Å². The number of sulfonamides is 1. The number of hydrogen-bond donors (Lipinski definition) is 2. The second-order valence-corrected chi connectivity index (χ2v) is 10.8. The summed E-state index contributed by atoms with van der Waals surface area (Å²) in [5.74, 6) is -0.108. The van der Waals surface area contributed by atoms with E-state index in [2.05, 4.69) is 43.0 Å². The molecule has 1 fully saturated rings. The largest absolute Gasteiger partial charge is 0.438 e. The number of anilines is 1. The van der Waals surface area contributed by atoms with Crippen LogP contribution in [-0.4, -0.2) is 39.5 Å². The van der Waals surface area contributed by atoms with Crippen molar-refractivity contribution in [2.24, 2.45) is 5.92 Å². The highest BCUT2D eigenvalue weighted by Crippen LogP contribution is 2.26. The molecule has 9 heteroatoms.